The summed E-state index contributed by atoms with van der Waals surface area (Å²) >= 11 is 6.43. The molecule has 37 heavy (non-hydrogen) atoms. The van der Waals surface area contributed by atoms with E-state index in [-0.39, 0.29) is 34.3 Å². The first kappa shape index (κ1) is 29.0. The van der Waals surface area contributed by atoms with Crippen molar-refractivity contribution in [3.63, 3.8) is 0 Å². The van der Waals surface area contributed by atoms with Gasteiger partial charge >= 0.3 is 5.97 Å². The van der Waals surface area contributed by atoms with Crippen molar-refractivity contribution in [3.8, 4) is 17.2 Å². The quantitative estimate of drug-likeness (QED) is 0.408. The molecular weight excluding hydrogens is 508 g/mol. The van der Waals surface area contributed by atoms with E-state index >= 15 is 0 Å². The van der Waals surface area contributed by atoms with Crippen LogP contribution in [0.15, 0.2) is 36.4 Å². The summed E-state index contributed by atoms with van der Waals surface area (Å²) in [5.74, 6) is 0.233. The second-order valence-corrected chi connectivity index (χ2v) is 9.86. The molecule has 0 bridgehead atoms. The van der Waals surface area contributed by atoms with E-state index in [1.165, 1.54) is 26.4 Å². The number of benzene rings is 2. The number of aliphatic hydroxyl groups excluding tert-OH is 3. The largest absolute Gasteiger partial charge is 0.493 e. The average molecular weight is 541 g/mol. The normalized spacial score (nSPS) is 23.9. The van der Waals surface area contributed by atoms with Crippen LogP contribution < -0.4 is 14.2 Å². The fourth-order valence-electron chi connectivity index (χ4n) is 3.75. The summed E-state index contributed by atoms with van der Waals surface area (Å²) in [4.78, 5) is 12.9. The molecule has 3 N–H and O–H groups in total. The molecule has 1 aliphatic rings. The highest BCUT2D eigenvalue weighted by atomic mass is 35.5. The van der Waals surface area contributed by atoms with Gasteiger partial charge in [-0.2, -0.15) is 0 Å². The first-order valence-electron chi connectivity index (χ1n) is 11.6. The Morgan fingerprint density at radius 2 is 1.84 bits per heavy atom. The lowest BCUT2D eigenvalue weighted by atomic mass is 9.99. The summed E-state index contributed by atoms with van der Waals surface area (Å²) < 4.78 is 33.1. The van der Waals surface area contributed by atoms with Crippen LogP contribution in [0.5, 0.6) is 17.2 Å². The van der Waals surface area contributed by atoms with Crippen LogP contribution in [0.4, 0.5) is 0 Å². The van der Waals surface area contributed by atoms with Crippen LogP contribution in [0.3, 0.4) is 0 Å². The lowest BCUT2D eigenvalue weighted by Crippen LogP contribution is -2.60. The fourth-order valence-corrected chi connectivity index (χ4v) is 4.01. The SMILES string of the molecule is COc1cc(C(=O)O[C@H]2[C@@H](OC)O[C@H](CO)[C@@H](O)[C@@H]2O)cc(Cl)c1OCc1cccc(OC(C)(C)C)c1. The predicted octanol–water partition coefficient (Wildman–Crippen LogP) is 2.72. The van der Waals surface area contributed by atoms with Crippen LogP contribution in [0.1, 0.15) is 36.7 Å². The summed E-state index contributed by atoms with van der Waals surface area (Å²) in [6.07, 6.45) is -6.72. The van der Waals surface area contributed by atoms with Crippen LogP contribution in [0.2, 0.25) is 5.02 Å². The van der Waals surface area contributed by atoms with Crippen LogP contribution >= 0.6 is 11.6 Å². The number of aliphatic hydroxyl groups is 3. The number of halogens is 1. The molecule has 0 amide bonds. The van der Waals surface area contributed by atoms with E-state index in [0.717, 1.165) is 5.56 Å². The molecule has 0 radical (unpaired) electrons. The summed E-state index contributed by atoms with van der Waals surface area (Å²) in [5.41, 5.74) is 0.494. The van der Waals surface area contributed by atoms with Gasteiger partial charge in [0.1, 0.15) is 36.3 Å². The van der Waals surface area contributed by atoms with Gasteiger partial charge in [-0.1, -0.05) is 23.7 Å². The van der Waals surface area contributed by atoms with Gasteiger partial charge < -0.3 is 43.7 Å². The number of esters is 1. The van der Waals surface area contributed by atoms with E-state index in [0.29, 0.717) is 5.75 Å². The second kappa shape index (κ2) is 12.3. The molecule has 2 aromatic rings. The zero-order valence-corrected chi connectivity index (χ0v) is 22.1. The van der Waals surface area contributed by atoms with Gasteiger partial charge in [0.2, 0.25) is 0 Å². The molecule has 0 saturated carbocycles. The number of methoxy groups -OCH3 is 2. The zero-order chi connectivity index (χ0) is 27.3. The monoisotopic (exact) mass is 540 g/mol. The Morgan fingerprint density at radius 3 is 2.46 bits per heavy atom. The third kappa shape index (κ3) is 7.25. The van der Waals surface area contributed by atoms with E-state index in [1.54, 1.807) is 0 Å². The number of carbonyl (C=O) groups is 1. The van der Waals surface area contributed by atoms with E-state index in [1.807, 2.05) is 45.0 Å². The summed E-state index contributed by atoms with van der Waals surface area (Å²) in [7, 11) is 2.68. The average Bonchev–Trinajstić information content (AvgIpc) is 2.85. The fraction of sp³-hybridized carbons (Fsp3) is 0.500. The van der Waals surface area contributed by atoms with Gasteiger partial charge in [-0.25, -0.2) is 4.79 Å². The molecule has 0 spiro atoms. The Kier molecular flexibility index (Phi) is 9.63. The van der Waals surface area contributed by atoms with Crippen molar-refractivity contribution in [3.05, 3.63) is 52.5 Å². The number of hydrogen-bond donors (Lipinski definition) is 3. The molecule has 0 unspecified atom stereocenters. The summed E-state index contributed by atoms with van der Waals surface area (Å²) in [5, 5.41) is 30.0. The second-order valence-electron chi connectivity index (χ2n) is 9.45. The highest BCUT2D eigenvalue weighted by Crippen LogP contribution is 2.38. The molecule has 11 heteroatoms. The number of ether oxygens (including phenoxy) is 6. The van der Waals surface area contributed by atoms with Crippen molar-refractivity contribution >= 4 is 17.6 Å². The highest BCUT2D eigenvalue weighted by molar-refractivity contribution is 6.32. The minimum absolute atomic E-state index is 0.00981. The van der Waals surface area contributed by atoms with Gasteiger partial charge in [0.15, 0.2) is 23.9 Å². The molecule has 0 aliphatic carbocycles. The molecule has 1 heterocycles. The first-order valence-corrected chi connectivity index (χ1v) is 12.0. The van der Waals surface area contributed by atoms with E-state index < -0.39 is 43.3 Å². The summed E-state index contributed by atoms with van der Waals surface area (Å²) in [6, 6.07) is 10.2. The van der Waals surface area contributed by atoms with Crippen molar-refractivity contribution in [1.29, 1.82) is 0 Å². The first-order chi connectivity index (χ1) is 17.5. The van der Waals surface area contributed by atoms with Crippen molar-refractivity contribution in [2.75, 3.05) is 20.8 Å². The van der Waals surface area contributed by atoms with Gasteiger partial charge in [0.05, 0.1) is 24.3 Å². The molecule has 0 aromatic heterocycles. The zero-order valence-electron chi connectivity index (χ0n) is 21.3. The van der Waals surface area contributed by atoms with Crippen LogP contribution in [-0.4, -0.2) is 78.4 Å². The van der Waals surface area contributed by atoms with Gasteiger partial charge in [-0.3, -0.25) is 0 Å². The highest BCUT2D eigenvalue weighted by Gasteiger charge is 2.47. The molecule has 1 fully saturated rings. The molecule has 204 valence electrons. The maximum absolute atomic E-state index is 12.9. The van der Waals surface area contributed by atoms with Gasteiger partial charge in [-0.05, 0) is 50.6 Å². The van der Waals surface area contributed by atoms with E-state index in [9.17, 15) is 20.1 Å². The third-order valence-electron chi connectivity index (χ3n) is 5.47. The topological polar surface area (TPSA) is 133 Å². The molecule has 1 aliphatic heterocycles. The Balaban J connectivity index is 1.75. The van der Waals surface area contributed by atoms with Crippen molar-refractivity contribution in [1.82, 2.24) is 0 Å². The van der Waals surface area contributed by atoms with Crippen molar-refractivity contribution in [2.24, 2.45) is 0 Å². The molecule has 1 saturated heterocycles. The Labute approximate surface area is 220 Å². The lowest BCUT2D eigenvalue weighted by molar-refractivity contribution is -0.293. The van der Waals surface area contributed by atoms with Gasteiger partial charge in [0, 0.05) is 7.11 Å². The Morgan fingerprint density at radius 1 is 1.11 bits per heavy atom. The lowest BCUT2D eigenvalue weighted by Gasteiger charge is -2.40. The maximum atomic E-state index is 12.9. The van der Waals surface area contributed by atoms with Crippen molar-refractivity contribution < 1.29 is 48.5 Å². The minimum Gasteiger partial charge on any atom is -0.493 e. The van der Waals surface area contributed by atoms with E-state index in [2.05, 4.69) is 0 Å². The van der Waals surface area contributed by atoms with Crippen molar-refractivity contribution in [2.45, 2.75) is 63.7 Å². The minimum atomic E-state index is -1.56. The van der Waals surface area contributed by atoms with Gasteiger partial charge in [0.25, 0.3) is 0 Å². The molecule has 10 nitrogen and oxygen atoms in total. The third-order valence-corrected chi connectivity index (χ3v) is 5.75. The molecule has 5 atom stereocenters. The standard InChI is InChI=1S/C26H33ClO10/c1-26(2,3)37-16-8-6-7-14(9-16)13-34-22-17(27)10-15(11-18(22)32-4)24(31)36-23-21(30)20(29)19(12-28)35-25(23)33-5/h6-11,19-21,23,25,28-30H,12-13H2,1-5H3/t19-,20-,21+,23-,25+/m1/s1. The molecule has 2 aromatic carbocycles. The number of rotatable bonds is 9. The van der Waals surface area contributed by atoms with Crippen LogP contribution in [-0.2, 0) is 20.8 Å². The maximum Gasteiger partial charge on any atom is 0.338 e. The predicted molar refractivity (Wildman–Crippen MR) is 133 cm³/mol. The number of carbonyl (C=O) groups excluding carboxylic acids is 1. The van der Waals surface area contributed by atoms with Crippen LogP contribution in [0, 0.1) is 0 Å². The summed E-state index contributed by atoms with van der Waals surface area (Å²) in [6.45, 7) is 5.48. The Bertz CT molecular complexity index is 1070. The van der Waals surface area contributed by atoms with E-state index in [4.69, 9.17) is 40.0 Å². The Hall–Kier alpha value is -2.60. The van der Waals surface area contributed by atoms with Gasteiger partial charge in [-0.15, -0.1) is 0 Å². The molecule has 3 rings (SSSR count). The number of hydrogen-bond acceptors (Lipinski definition) is 10. The van der Waals surface area contributed by atoms with Crippen LogP contribution in [0.25, 0.3) is 0 Å². The smallest absolute Gasteiger partial charge is 0.338 e. The molecular formula is C26H33ClO10.